The monoisotopic (exact) mass is 683 g/mol. The highest BCUT2D eigenvalue weighted by Crippen LogP contribution is 2.47. The van der Waals surface area contributed by atoms with Crippen molar-refractivity contribution in [2.75, 3.05) is 14.2 Å². The van der Waals surface area contributed by atoms with E-state index in [1.54, 1.807) is 0 Å². The second-order valence-corrected chi connectivity index (χ2v) is 9.60. The normalized spacial score (nSPS) is 13.0. The number of hydrogen-bond acceptors (Lipinski definition) is 3. The molecule has 46 heavy (non-hydrogen) atoms. The maximum Gasteiger partial charge on any atom is 0.458 e. The Kier molecular flexibility index (Phi) is 9.85. The van der Waals surface area contributed by atoms with Crippen molar-refractivity contribution in [1.29, 1.82) is 0 Å². The van der Waals surface area contributed by atoms with Crippen LogP contribution in [0.2, 0.25) is 0 Å². The van der Waals surface area contributed by atoms with E-state index < -0.39 is 100 Å². The maximum absolute atomic E-state index is 14.2. The smallest absolute Gasteiger partial charge is 0.458 e. The summed E-state index contributed by atoms with van der Waals surface area (Å²) < 4.78 is 199. The van der Waals surface area contributed by atoms with Gasteiger partial charge in [0.1, 0.15) is 5.75 Å². The minimum atomic E-state index is -6.09. The molecule has 0 heterocycles. The molecule has 0 saturated heterocycles. The van der Waals surface area contributed by atoms with Gasteiger partial charge in [-0.05, 0) is 65.2 Å². The molecule has 0 aliphatic carbocycles. The highest BCUT2D eigenvalue weighted by Gasteiger charge is 2.58. The molecule has 0 N–H and O–H groups in total. The van der Waals surface area contributed by atoms with Gasteiger partial charge in [0.25, 0.3) is 0 Å². The van der Waals surface area contributed by atoms with Gasteiger partial charge in [0.2, 0.25) is 0 Å². The summed E-state index contributed by atoms with van der Waals surface area (Å²) in [6.07, 6.45) is -23.2. The molecule has 3 aromatic rings. The standard InChI is InChI=1S/C28H19F14NO3/c1-45-22-6-4-16(24(29,30)28(40,41)42)11-21(22)20-5-3-17(25(31,32)33)9-15(20)13-43(23(44)46-2)12-14-7-18(26(34,35)36)10-19(8-14)27(37,38)39/h3-11H,12-13H2,1-2H3. The van der Waals surface area contributed by atoms with Crippen LogP contribution in [0, 0.1) is 0 Å². The van der Waals surface area contributed by atoms with Gasteiger partial charge in [0, 0.05) is 24.2 Å². The van der Waals surface area contributed by atoms with E-state index in [1.807, 2.05) is 0 Å². The zero-order valence-corrected chi connectivity index (χ0v) is 23.1. The first-order chi connectivity index (χ1) is 20.9. The Labute approximate surface area is 250 Å². The van der Waals surface area contributed by atoms with Crippen LogP contribution in [0.15, 0.2) is 54.6 Å². The van der Waals surface area contributed by atoms with Crippen LogP contribution in [0.1, 0.15) is 33.4 Å². The quantitative estimate of drug-likeness (QED) is 0.233. The van der Waals surface area contributed by atoms with Crippen molar-refractivity contribution in [2.45, 2.75) is 43.7 Å². The summed E-state index contributed by atoms with van der Waals surface area (Å²) in [7, 11) is 1.69. The number of carbonyl (C=O) groups is 1. The predicted molar refractivity (Wildman–Crippen MR) is 131 cm³/mol. The topological polar surface area (TPSA) is 38.8 Å². The molecule has 0 bridgehead atoms. The number of nitrogens with zero attached hydrogens (tertiary/aromatic N) is 1. The molecule has 0 saturated carbocycles. The molecule has 3 rings (SSSR count). The lowest BCUT2D eigenvalue weighted by Crippen LogP contribution is -2.33. The second kappa shape index (κ2) is 12.5. The minimum Gasteiger partial charge on any atom is -0.496 e. The molecule has 0 radical (unpaired) electrons. The van der Waals surface area contributed by atoms with E-state index in [4.69, 9.17) is 4.74 Å². The molecule has 18 heteroatoms. The minimum absolute atomic E-state index is 0.202. The molecule has 4 nitrogen and oxygen atoms in total. The molecule has 3 aromatic carbocycles. The summed E-state index contributed by atoms with van der Waals surface area (Å²) in [4.78, 5) is 13.0. The van der Waals surface area contributed by atoms with Crippen molar-refractivity contribution in [3.05, 3.63) is 88.0 Å². The first-order valence-corrected chi connectivity index (χ1v) is 12.3. The van der Waals surface area contributed by atoms with Gasteiger partial charge in [0.15, 0.2) is 0 Å². The fourth-order valence-corrected chi connectivity index (χ4v) is 4.29. The van der Waals surface area contributed by atoms with Gasteiger partial charge in [-0.3, -0.25) is 4.90 Å². The van der Waals surface area contributed by atoms with E-state index in [-0.39, 0.29) is 24.3 Å². The molecule has 1 amide bonds. The predicted octanol–water partition coefficient (Wildman–Crippen LogP) is 9.84. The summed E-state index contributed by atoms with van der Waals surface area (Å²) in [5.41, 5.74) is -9.13. The summed E-state index contributed by atoms with van der Waals surface area (Å²) >= 11 is 0. The lowest BCUT2D eigenvalue weighted by Gasteiger charge is -2.25. The Morgan fingerprint density at radius 2 is 1.13 bits per heavy atom. The SMILES string of the molecule is COC(=O)N(Cc1cc(C(F)(F)F)cc(C(F)(F)F)c1)Cc1cc(C(F)(F)F)ccc1-c1cc(C(F)(F)C(F)(F)F)ccc1OC. The summed E-state index contributed by atoms with van der Waals surface area (Å²) in [5, 5.41) is 0. The van der Waals surface area contributed by atoms with E-state index >= 15 is 0 Å². The molecular weight excluding hydrogens is 664 g/mol. The van der Waals surface area contributed by atoms with Gasteiger partial charge in [0.05, 0.1) is 30.9 Å². The Hall–Kier alpha value is -4.25. The molecular formula is C28H19F14NO3. The third kappa shape index (κ3) is 7.93. The number of hydrogen-bond donors (Lipinski definition) is 0. The summed E-state index contributed by atoms with van der Waals surface area (Å²) in [5.74, 6) is -5.86. The summed E-state index contributed by atoms with van der Waals surface area (Å²) in [6.45, 7) is -2.19. The first kappa shape index (κ1) is 36.2. The molecule has 0 aliphatic heterocycles. The number of halogens is 14. The average molecular weight is 683 g/mol. The number of alkyl halides is 14. The zero-order valence-electron chi connectivity index (χ0n) is 23.1. The van der Waals surface area contributed by atoms with E-state index in [9.17, 15) is 66.3 Å². The zero-order chi connectivity index (χ0) is 35.0. The highest BCUT2D eigenvalue weighted by molar-refractivity contribution is 5.76. The van der Waals surface area contributed by atoms with Gasteiger partial charge < -0.3 is 9.47 Å². The molecule has 0 aromatic heterocycles. The van der Waals surface area contributed by atoms with Gasteiger partial charge in [-0.2, -0.15) is 61.5 Å². The van der Waals surface area contributed by atoms with Crippen molar-refractivity contribution < 1.29 is 75.7 Å². The van der Waals surface area contributed by atoms with Crippen LogP contribution in [0.4, 0.5) is 66.3 Å². The van der Waals surface area contributed by atoms with E-state index in [2.05, 4.69) is 4.74 Å². The fourth-order valence-electron chi connectivity index (χ4n) is 4.29. The van der Waals surface area contributed by atoms with E-state index in [0.29, 0.717) is 35.2 Å². The Morgan fingerprint density at radius 3 is 1.59 bits per heavy atom. The van der Waals surface area contributed by atoms with Crippen LogP contribution in [0.3, 0.4) is 0 Å². The van der Waals surface area contributed by atoms with Crippen LogP contribution >= 0.6 is 0 Å². The van der Waals surface area contributed by atoms with E-state index in [0.717, 1.165) is 14.2 Å². The largest absolute Gasteiger partial charge is 0.496 e. The van der Waals surface area contributed by atoms with Crippen molar-refractivity contribution >= 4 is 6.09 Å². The molecule has 0 spiro atoms. The van der Waals surface area contributed by atoms with Crippen LogP contribution < -0.4 is 4.74 Å². The molecule has 0 atom stereocenters. The van der Waals surface area contributed by atoms with Crippen LogP contribution in [0.25, 0.3) is 11.1 Å². The maximum atomic E-state index is 14.2. The lowest BCUT2D eigenvalue weighted by atomic mass is 9.93. The average Bonchev–Trinajstić information content (AvgIpc) is 2.93. The van der Waals surface area contributed by atoms with Crippen LogP contribution in [0.5, 0.6) is 5.75 Å². The van der Waals surface area contributed by atoms with Crippen LogP contribution in [-0.4, -0.2) is 31.4 Å². The van der Waals surface area contributed by atoms with Gasteiger partial charge in [-0.25, -0.2) is 4.79 Å². The van der Waals surface area contributed by atoms with Gasteiger partial charge in [-0.1, -0.05) is 6.07 Å². The first-order valence-electron chi connectivity index (χ1n) is 12.3. The van der Waals surface area contributed by atoms with Crippen LogP contribution in [-0.2, 0) is 42.3 Å². The summed E-state index contributed by atoms with van der Waals surface area (Å²) in [6, 6.07) is 3.07. The number of ether oxygens (including phenoxy) is 2. The van der Waals surface area contributed by atoms with Gasteiger partial charge in [-0.15, -0.1) is 0 Å². The van der Waals surface area contributed by atoms with Crippen molar-refractivity contribution in [3.8, 4) is 16.9 Å². The fraction of sp³-hybridized carbons (Fsp3) is 0.321. The Morgan fingerprint density at radius 1 is 0.609 bits per heavy atom. The van der Waals surface area contributed by atoms with Gasteiger partial charge >= 0.3 is 36.7 Å². The number of methoxy groups -OCH3 is 2. The van der Waals surface area contributed by atoms with E-state index in [1.165, 1.54) is 0 Å². The third-order valence-electron chi connectivity index (χ3n) is 6.46. The van der Waals surface area contributed by atoms with Crippen molar-refractivity contribution in [3.63, 3.8) is 0 Å². The molecule has 252 valence electrons. The second-order valence-electron chi connectivity index (χ2n) is 9.60. The molecule has 0 unspecified atom stereocenters. The van der Waals surface area contributed by atoms with Crippen molar-refractivity contribution in [2.24, 2.45) is 0 Å². The Bertz CT molecular complexity index is 1540. The van der Waals surface area contributed by atoms with Crippen molar-refractivity contribution in [1.82, 2.24) is 4.90 Å². The number of benzene rings is 3. The number of rotatable bonds is 7. The third-order valence-corrected chi connectivity index (χ3v) is 6.46. The molecule has 0 fully saturated rings. The highest BCUT2D eigenvalue weighted by atomic mass is 19.4. The lowest BCUT2D eigenvalue weighted by molar-refractivity contribution is -0.289. The number of amides is 1. The Balaban J connectivity index is 2.25. The molecule has 0 aliphatic rings. The number of carbonyl (C=O) groups excluding carboxylic acids is 1.